The van der Waals surface area contributed by atoms with Gasteiger partial charge in [-0.15, -0.1) is 0 Å². The van der Waals surface area contributed by atoms with Gasteiger partial charge in [-0.05, 0) is 34.5 Å². The van der Waals surface area contributed by atoms with Crippen LogP contribution in [-0.2, 0) is 0 Å². The van der Waals surface area contributed by atoms with Gasteiger partial charge in [-0.1, -0.05) is 60.1 Å². The number of fused-ring (bicyclic) bond motifs is 1. The number of hydrogen-bond acceptors (Lipinski definition) is 3. The summed E-state index contributed by atoms with van der Waals surface area (Å²) < 4.78 is 2.82. The Morgan fingerprint density at radius 1 is 1.08 bits per heavy atom. The Morgan fingerprint density at radius 3 is 2.58 bits per heavy atom. The molecule has 1 unspecified atom stereocenters. The van der Waals surface area contributed by atoms with Gasteiger partial charge in [-0.3, -0.25) is 4.40 Å². The van der Waals surface area contributed by atoms with E-state index < -0.39 is 0 Å². The first kappa shape index (κ1) is 17.1. The highest BCUT2D eigenvalue weighted by atomic mass is 79.9. The average Bonchev–Trinajstić information content (AvgIpc) is 3.04. The van der Waals surface area contributed by atoms with E-state index in [-0.39, 0.29) is 6.04 Å². The molecule has 1 atom stereocenters. The highest BCUT2D eigenvalue weighted by molar-refractivity contribution is 9.10. The van der Waals surface area contributed by atoms with Gasteiger partial charge in [0, 0.05) is 11.8 Å². The van der Waals surface area contributed by atoms with Crippen LogP contribution < -0.4 is 5.32 Å². The summed E-state index contributed by atoms with van der Waals surface area (Å²) in [4.78, 5) is 9.29. The van der Waals surface area contributed by atoms with Crippen molar-refractivity contribution in [3.05, 3.63) is 82.2 Å². The van der Waals surface area contributed by atoms with E-state index in [4.69, 9.17) is 16.6 Å². The summed E-state index contributed by atoms with van der Waals surface area (Å²) in [6.45, 7) is 2.10. The van der Waals surface area contributed by atoms with Crippen LogP contribution >= 0.6 is 27.5 Å². The van der Waals surface area contributed by atoms with Gasteiger partial charge in [-0.25, -0.2) is 9.97 Å². The van der Waals surface area contributed by atoms with Crippen molar-refractivity contribution in [1.29, 1.82) is 0 Å². The number of halogens is 2. The van der Waals surface area contributed by atoms with Gasteiger partial charge < -0.3 is 5.32 Å². The first-order valence-corrected chi connectivity index (χ1v) is 9.40. The third-order valence-electron chi connectivity index (χ3n) is 4.25. The van der Waals surface area contributed by atoms with Crippen LogP contribution in [0.15, 0.2) is 71.6 Å². The Balaban J connectivity index is 1.82. The first-order valence-electron chi connectivity index (χ1n) is 8.23. The summed E-state index contributed by atoms with van der Waals surface area (Å²) in [6.07, 6.45) is 3.71. The quantitative estimate of drug-likeness (QED) is 0.435. The van der Waals surface area contributed by atoms with E-state index in [1.165, 1.54) is 5.56 Å². The number of benzene rings is 2. The summed E-state index contributed by atoms with van der Waals surface area (Å²) >= 11 is 9.93. The second-order valence-electron chi connectivity index (χ2n) is 6.01. The Bertz CT molecular complexity index is 1060. The Hall–Kier alpha value is -2.37. The molecular formula is C20H16BrClN4. The number of nitrogens with one attached hydrogen (secondary N) is 1. The normalized spacial score (nSPS) is 12.3. The van der Waals surface area contributed by atoms with Gasteiger partial charge >= 0.3 is 0 Å². The fourth-order valence-corrected chi connectivity index (χ4v) is 3.49. The Kier molecular flexibility index (Phi) is 4.66. The van der Waals surface area contributed by atoms with Crippen molar-refractivity contribution in [2.24, 2.45) is 0 Å². The molecule has 0 aliphatic heterocycles. The van der Waals surface area contributed by atoms with Crippen LogP contribution in [0.5, 0.6) is 0 Å². The molecule has 2 heterocycles. The minimum atomic E-state index is 0.0875. The maximum absolute atomic E-state index is 6.38. The van der Waals surface area contributed by atoms with E-state index in [9.17, 15) is 0 Å². The lowest BCUT2D eigenvalue weighted by Crippen LogP contribution is -2.10. The molecule has 0 bridgehead atoms. The summed E-state index contributed by atoms with van der Waals surface area (Å²) in [6, 6.07) is 18.0. The molecule has 0 aliphatic rings. The van der Waals surface area contributed by atoms with E-state index in [0.29, 0.717) is 10.8 Å². The van der Waals surface area contributed by atoms with Crippen molar-refractivity contribution < 1.29 is 0 Å². The van der Waals surface area contributed by atoms with Crippen LogP contribution in [0.25, 0.3) is 16.9 Å². The fraction of sp³-hybridized carbons (Fsp3) is 0.100. The van der Waals surface area contributed by atoms with Gasteiger partial charge in [0.1, 0.15) is 4.60 Å². The summed E-state index contributed by atoms with van der Waals surface area (Å²) in [5, 5.41) is 4.15. The van der Waals surface area contributed by atoms with Gasteiger partial charge in [0.2, 0.25) is 0 Å². The number of imidazole rings is 1. The number of hydrogen-bond donors (Lipinski definition) is 1. The molecule has 0 saturated heterocycles. The third kappa shape index (κ3) is 3.20. The molecule has 0 aliphatic carbocycles. The first-order chi connectivity index (χ1) is 12.6. The van der Waals surface area contributed by atoms with Crippen LogP contribution in [0.1, 0.15) is 18.5 Å². The molecule has 4 nitrogen and oxygen atoms in total. The maximum Gasteiger partial charge on any atom is 0.181 e. The molecule has 0 amide bonds. The SMILES string of the molecule is CC(Nc1nc(-c2ccccc2Cl)cn2c(Br)cnc12)c1ccccc1. The summed E-state index contributed by atoms with van der Waals surface area (Å²) in [5.74, 6) is 0.712. The zero-order chi connectivity index (χ0) is 18.1. The topological polar surface area (TPSA) is 42.2 Å². The molecule has 0 fully saturated rings. The summed E-state index contributed by atoms with van der Waals surface area (Å²) in [7, 11) is 0. The molecule has 1 N–H and O–H groups in total. The van der Waals surface area contributed by atoms with E-state index in [0.717, 1.165) is 21.5 Å². The molecule has 6 heteroatoms. The third-order valence-corrected chi connectivity index (χ3v) is 5.17. The Morgan fingerprint density at radius 2 is 1.81 bits per heavy atom. The molecule has 130 valence electrons. The van der Waals surface area contributed by atoms with Crippen LogP contribution in [0.2, 0.25) is 5.02 Å². The maximum atomic E-state index is 6.38. The monoisotopic (exact) mass is 426 g/mol. The molecule has 0 saturated carbocycles. The largest absolute Gasteiger partial charge is 0.360 e. The van der Waals surface area contributed by atoms with E-state index in [2.05, 4.69) is 45.3 Å². The predicted octanol–water partition coefficient (Wildman–Crippen LogP) is 5.99. The number of aromatic nitrogens is 3. The van der Waals surface area contributed by atoms with Crippen molar-refractivity contribution in [1.82, 2.24) is 14.4 Å². The van der Waals surface area contributed by atoms with Crippen molar-refractivity contribution in [3.8, 4) is 11.3 Å². The van der Waals surface area contributed by atoms with Crippen LogP contribution in [0, 0.1) is 0 Å². The van der Waals surface area contributed by atoms with Gasteiger partial charge in [0.25, 0.3) is 0 Å². The van der Waals surface area contributed by atoms with Crippen molar-refractivity contribution in [3.63, 3.8) is 0 Å². The lowest BCUT2D eigenvalue weighted by atomic mass is 10.1. The standard InChI is InChI=1S/C20H16BrClN4/c1-13(14-7-3-2-4-8-14)24-19-20-23-11-18(21)26(20)12-17(25-19)15-9-5-6-10-16(15)22/h2-13H,1H3,(H,24,25). The molecule has 2 aromatic heterocycles. The molecule has 2 aromatic carbocycles. The van der Waals surface area contributed by atoms with E-state index in [1.807, 2.05) is 53.1 Å². The van der Waals surface area contributed by atoms with Crippen LogP contribution in [0.4, 0.5) is 5.82 Å². The van der Waals surface area contributed by atoms with Gasteiger partial charge in [0.05, 0.1) is 23.0 Å². The Labute approximate surface area is 165 Å². The zero-order valence-corrected chi connectivity index (χ0v) is 16.4. The molecule has 0 spiro atoms. The minimum Gasteiger partial charge on any atom is -0.360 e. The van der Waals surface area contributed by atoms with Crippen molar-refractivity contribution >= 4 is 39.0 Å². The van der Waals surface area contributed by atoms with Crippen molar-refractivity contribution in [2.75, 3.05) is 5.32 Å². The van der Waals surface area contributed by atoms with E-state index in [1.54, 1.807) is 6.20 Å². The lowest BCUT2D eigenvalue weighted by molar-refractivity contribution is 0.873. The van der Waals surface area contributed by atoms with Gasteiger partial charge in [0.15, 0.2) is 11.5 Å². The lowest BCUT2D eigenvalue weighted by Gasteiger charge is -2.17. The minimum absolute atomic E-state index is 0.0875. The highest BCUT2D eigenvalue weighted by Gasteiger charge is 2.15. The molecule has 0 radical (unpaired) electrons. The van der Waals surface area contributed by atoms with Gasteiger partial charge in [-0.2, -0.15) is 0 Å². The highest BCUT2D eigenvalue weighted by Crippen LogP contribution is 2.30. The molecule has 26 heavy (non-hydrogen) atoms. The number of anilines is 1. The predicted molar refractivity (Wildman–Crippen MR) is 110 cm³/mol. The zero-order valence-electron chi connectivity index (χ0n) is 14.0. The fourth-order valence-electron chi connectivity index (χ4n) is 2.89. The average molecular weight is 428 g/mol. The second-order valence-corrected chi connectivity index (χ2v) is 7.23. The number of nitrogens with zero attached hydrogens (tertiary/aromatic N) is 3. The van der Waals surface area contributed by atoms with Crippen LogP contribution in [-0.4, -0.2) is 14.4 Å². The number of rotatable bonds is 4. The molecule has 4 aromatic rings. The molecular weight excluding hydrogens is 412 g/mol. The van der Waals surface area contributed by atoms with Crippen molar-refractivity contribution in [2.45, 2.75) is 13.0 Å². The van der Waals surface area contributed by atoms with Crippen LogP contribution in [0.3, 0.4) is 0 Å². The summed E-state index contributed by atoms with van der Waals surface area (Å²) in [5.41, 5.74) is 3.60. The second kappa shape index (κ2) is 7.09. The molecule has 4 rings (SSSR count). The van der Waals surface area contributed by atoms with E-state index >= 15 is 0 Å². The smallest absolute Gasteiger partial charge is 0.181 e.